The lowest BCUT2D eigenvalue weighted by Crippen LogP contribution is -2.43. The van der Waals surface area contributed by atoms with Crippen LogP contribution in [0, 0.1) is 0 Å². The van der Waals surface area contributed by atoms with Gasteiger partial charge in [-0.05, 0) is 89.5 Å². The highest BCUT2D eigenvalue weighted by Gasteiger charge is 2.26. The second-order valence-electron chi connectivity index (χ2n) is 9.43. The van der Waals surface area contributed by atoms with Gasteiger partial charge < -0.3 is 28.8 Å². The second-order valence-corrected chi connectivity index (χ2v) is 9.43. The Balaban J connectivity index is 1.70. The Bertz CT molecular complexity index is 1120. The molecule has 0 saturated carbocycles. The topological polar surface area (TPSA) is 86.1 Å². The van der Waals surface area contributed by atoms with Crippen molar-refractivity contribution in [2.24, 2.45) is 0 Å². The zero-order chi connectivity index (χ0) is 24.9. The molecule has 35 heavy (non-hydrogen) atoms. The molecule has 0 unspecified atom stereocenters. The number of esters is 1. The molecule has 3 aromatic rings. The predicted molar refractivity (Wildman–Crippen MR) is 135 cm³/mol. The monoisotopic (exact) mass is 481 g/mol. The summed E-state index contributed by atoms with van der Waals surface area (Å²) in [7, 11) is 1.37. The lowest BCUT2D eigenvalue weighted by molar-refractivity contribution is 0.0600. The summed E-state index contributed by atoms with van der Waals surface area (Å²) in [5.41, 5.74) is 2.75. The Morgan fingerprint density at radius 3 is 2.31 bits per heavy atom. The van der Waals surface area contributed by atoms with E-state index < -0.39 is 5.97 Å². The van der Waals surface area contributed by atoms with Crippen LogP contribution in [0.15, 0.2) is 40.8 Å². The van der Waals surface area contributed by atoms with Gasteiger partial charge in [0.25, 0.3) is 6.01 Å². The number of hydrogen-bond donors (Lipinski definition) is 1. The van der Waals surface area contributed by atoms with Crippen LogP contribution in [0.3, 0.4) is 0 Å². The summed E-state index contributed by atoms with van der Waals surface area (Å²) >= 11 is 0. The number of nitrogens with zero attached hydrogens (tertiary/aromatic N) is 2. The molecule has 2 heterocycles. The van der Waals surface area contributed by atoms with Crippen molar-refractivity contribution in [2.75, 3.05) is 25.1 Å². The van der Waals surface area contributed by atoms with E-state index >= 15 is 0 Å². The van der Waals surface area contributed by atoms with E-state index in [1.807, 2.05) is 33.8 Å². The van der Waals surface area contributed by atoms with Gasteiger partial charge in [-0.2, -0.15) is 4.98 Å². The van der Waals surface area contributed by atoms with E-state index in [-0.39, 0.29) is 18.2 Å². The molecule has 0 bridgehead atoms. The fourth-order valence-electron chi connectivity index (χ4n) is 4.35. The molecular weight excluding hydrogens is 446 g/mol. The van der Waals surface area contributed by atoms with Crippen LogP contribution >= 0.6 is 0 Å². The minimum absolute atomic E-state index is 0.0544. The van der Waals surface area contributed by atoms with Gasteiger partial charge in [0, 0.05) is 18.7 Å². The van der Waals surface area contributed by atoms with E-state index in [1.165, 1.54) is 7.11 Å². The Hall–Kier alpha value is -3.26. The first-order chi connectivity index (χ1) is 16.8. The van der Waals surface area contributed by atoms with Crippen molar-refractivity contribution in [3.05, 3.63) is 47.5 Å². The van der Waals surface area contributed by atoms with Crippen LogP contribution in [0.4, 0.5) is 6.01 Å². The summed E-state index contributed by atoms with van der Waals surface area (Å²) in [6.45, 7) is 10.5. The third kappa shape index (κ3) is 6.25. The highest BCUT2D eigenvalue weighted by atomic mass is 16.5. The Morgan fingerprint density at radius 2 is 1.71 bits per heavy atom. The normalized spacial score (nSPS) is 14.5. The number of nitrogens with one attached hydrogen (secondary N) is 1. The number of rotatable bonds is 9. The number of anilines is 1. The molecule has 1 aromatic heterocycles. The summed E-state index contributed by atoms with van der Waals surface area (Å²) in [5.74, 6) is 1.15. The van der Waals surface area contributed by atoms with Crippen LogP contribution in [0.2, 0.25) is 0 Å². The first-order valence-electron chi connectivity index (χ1n) is 12.3. The van der Waals surface area contributed by atoms with Crippen molar-refractivity contribution in [2.45, 2.75) is 65.3 Å². The molecule has 8 nitrogen and oxygen atoms in total. The molecule has 0 atom stereocenters. The quantitative estimate of drug-likeness (QED) is 0.430. The molecule has 1 aliphatic heterocycles. The van der Waals surface area contributed by atoms with Crippen LogP contribution in [0.5, 0.6) is 11.5 Å². The second kappa shape index (κ2) is 11.0. The van der Waals surface area contributed by atoms with Crippen LogP contribution < -0.4 is 19.7 Å². The predicted octanol–water partition coefficient (Wildman–Crippen LogP) is 4.95. The lowest BCUT2D eigenvalue weighted by Gasteiger charge is -2.33. The van der Waals surface area contributed by atoms with Gasteiger partial charge in [0.2, 0.25) is 0 Å². The van der Waals surface area contributed by atoms with E-state index in [0.717, 1.165) is 43.0 Å². The molecular formula is C27H35N3O5. The van der Waals surface area contributed by atoms with Gasteiger partial charge in [0.1, 0.15) is 17.0 Å². The summed E-state index contributed by atoms with van der Waals surface area (Å²) in [5, 5.41) is 3.43. The number of benzene rings is 2. The molecule has 0 spiro atoms. The van der Waals surface area contributed by atoms with Crippen molar-refractivity contribution in [1.82, 2.24) is 10.3 Å². The third-order valence-electron chi connectivity index (χ3n) is 5.83. The summed E-state index contributed by atoms with van der Waals surface area (Å²) in [6.07, 6.45) is 2.06. The number of carbonyl (C=O) groups excluding carboxylic acids is 1. The van der Waals surface area contributed by atoms with Crippen molar-refractivity contribution in [3.8, 4) is 11.5 Å². The number of fused-ring (bicyclic) bond motifs is 1. The molecule has 4 rings (SSSR count). The van der Waals surface area contributed by atoms with E-state index in [2.05, 4.69) is 22.3 Å². The van der Waals surface area contributed by atoms with Crippen molar-refractivity contribution in [1.29, 1.82) is 0 Å². The van der Waals surface area contributed by atoms with Crippen LogP contribution in [-0.4, -0.2) is 49.4 Å². The molecule has 0 aliphatic carbocycles. The Morgan fingerprint density at radius 1 is 1.06 bits per heavy atom. The van der Waals surface area contributed by atoms with Crippen molar-refractivity contribution in [3.63, 3.8) is 0 Å². The molecule has 8 heteroatoms. The minimum Gasteiger partial charge on any atom is -0.491 e. The molecule has 1 N–H and O–H groups in total. The number of methoxy groups -OCH3 is 1. The number of oxazole rings is 1. The smallest absolute Gasteiger partial charge is 0.337 e. The number of carbonyl (C=O) groups is 1. The molecule has 2 aromatic carbocycles. The Kier molecular flexibility index (Phi) is 7.80. The summed E-state index contributed by atoms with van der Waals surface area (Å²) in [6, 6.07) is 12.0. The molecule has 1 saturated heterocycles. The molecule has 1 fully saturated rings. The summed E-state index contributed by atoms with van der Waals surface area (Å²) in [4.78, 5) is 19.0. The maximum atomic E-state index is 12.0. The fraction of sp³-hybridized carbons (Fsp3) is 0.481. The number of piperidine rings is 1. The van der Waals surface area contributed by atoms with E-state index in [9.17, 15) is 4.79 Å². The first kappa shape index (κ1) is 24.9. The van der Waals surface area contributed by atoms with Gasteiger partial charge in [0.15, 0.2) is 5.58 Å². The highest BCUT2D eigenvalue weighted by Crippen LogP contribution is 2.31. The maximum Gasteiger partial charge on any atom is 0.337 e. The van der Waals surface area contributed by atoms with E-state index in [4.69, 9.17) is 23.6 Å². The largest absolute Gasteiger partial charge is 0.491 e. The molecule has 188 valence electrons. The average Bonchev–Trinajstić information content (AvgIpc) is 3.24. The van der Waals surface area contributed by atoms with Gasteiger partial charge in [-0.25, -0.2) is 4.79 Å². The molecule has 0 radical (unpaired) electrons. The third-order valence-corrected chi connectivity index (χ3v) is 5.83. The molecule has 1 aliphatic rings. The summed E-state index contributed by atoms with van der Waals surface area (Å²) < 4.78 is 23.1. The van der Waals surface area contributed by atoms with Gasteiger partial charge in [0.05, 0.1) is 24.9 Å². The van der Waals surface area contributed by atoms with Crippen LogP contribution in [0.25, 0.3) is 11.1 Å². The number of aromatic nitrogens is 1. The van der Waals surface area contributed by atoms with Crippen LogP contribution in [-0.2, 0) is 11.3 Å². The maximum absolute atomic E-state index is 12.0. The van der Waals surface area contributed by atoms with Crippen molar-refractivity contribution < 1.29 is 23.4 Å². The lowest BCUT2D eigenvalue weighted by atomic mass is 10.0. The van der Waals surface area contributed by atoms with E-state index in [1.54, 1.807) is 18.2 Å². The zero-order valence-corrected chi connectivity index (χ0v) is 21.2. The van der Waals surface area contributed by atoms with Crippen molar-refractivity contribution >= 4 is 23.1 Å². The average molecular weight is 482 g/mol. The Labute approximate surface area is 206 Å². The van der Waals surface area contributed by atoms with E-state index in [0.29, 0.717) is 29.2 Å². The van der Waals surface area contributed by atoms with Gasteiger partial charge in [-0.15, -0.1) is 0 Å². The standard InChI is InChI=1S/C27H35N3O5/c1-17(2)33-22-12-19(13-23(15-22)34-18(3)4)16-30(21-8-10-28-11-9-21)27-29-24-7-6-20(26(31)32-5)14-25(24)35-27/h6-7,12-15,17-18,21,28H,8-11,16H2,1-5H3. The van der Waals surface area contributed by atoms with Gasteiger partial charge in [-0.1, -0.05) is 0 Å². The SMILES string of the molecule is COC(=O)c1ccc2nc(N(Cc3cc(OC(C)C)cc(OC(C)C)c3)C3CCNCC3)oc2c1. The number of ether oxygens (including phenoxy) is 3. The highest BCUT2D eigenvalue weighted by molar-refractivity contribution is 5.93. The van der Waals surface area contributed by atoms with Gasteiger partial charge >= 0.3 is 5.97 Å². The number of hydrogen-bond acceptors (Lipinski definition) is 8. The fourth-order valence-corrected chi connectivity index (χ4v) is 4.35. The van der Waals surface area contributed by atoms with Crippen LogP contribution in [0.1, 0.15) is 56.5 Å². The zero-order valence-electron chi connectivity index (χ0n) is 21.2. The first-order valence-corrected chi connectivity index (χ1v) is 12.3. The molecule has 0 amide bonds. The minimum atomic E-state index is -0.403. The van der Waals surface area contributed by atoms with Gasteiger partial charge in [-0.3, -0.25) is 0 Å².